The molecular weight excluding hydrogens is 160 g/mol. The maximum Gasteiger partial charge on any atom is 0.0324 e. The largest absolute Gasteiger partial charge is 0.399 e. The summed E-state index contributed by atoms with van der Waals surface area (Å²) in [7, 11) is 0. The van der Waals surface area contributed by atoms with Crippen LogP contribution in [0, 0.1) is 5.92 Å². The highest BCUT2D eigenvalue weighted by atomic mass is 14.7. The number of hydrogen-bond donors (Lipinski definition) is 2. The SMILES string of the molecule is Nc1cccc([C@H](N)C2CCC2)c1. The van der Waals surface area contributed by atoms with E-state index in [9.17, 15) is 0 Å². The number of nitrogen functional groups attached to an aromatic ring is 1. The van der Waals surface area contributed by atoms with Crippen LogP contribution in [-0.2, 0) is 0 Å². The van der Waals surface area contributed by atoms with Crippen molar-refractivity contribution in [2.45, 2.75) is 25.3 Å². The van der Waals surface area contributed by atoms with Crippen molar-refractivity contribution in [1.82, 2.24) is 0 Å². The smallest absolute Gasteiger partial charge is 0.0324 e. The Labute approximate surface area is 78.9 Å². The van der Waals surface area contributed by atoms with E-state index in [0.29, 0.717) is 5.92 Å². The van der Waals surface area contributed by atoms with Gasteiger partial charge in [0.25, 0.3) is 0 Å². The highest BCUT2D eigenvalue weighted by Crippen LogP contribution is 2.36. The molecule has 4 N–H and O–H groups in total. The van der Waals surface area contributed by atoms with Crippen molar-refractivity contribution in [2.24, 2.45) is 11.7 Å². The first-order valence-corrected chi connectivity index (χ1v) is 4.88. The Hall–Kier alpha value is -1.02. The van der Waals surface area contributed by atoms with Crippen molar-refractivity contribution in [1.29, 1.82) is 0 Å². The van der Waals surface area contributed by atoms with Gasteiger partial charge in [0, 0.05) is 11.7 Å². The lowest BCUT2D eigenvalue weighted by atomic mass is 9.77. The van der Waals surface area contributed by atoms with Crippen LogP contribution < -0.4 is 11.5 Å². The van der Waals surface area contributed by atoms with E-state index in [1.807, 2.05) is 18.2 Å². The van der Waals surface area contributed by atoms with Gasteiger partial charge in [0.1, 0.15) is 0 Å². The first kappa shape index (κ1) is 8.57. The molecule has 1 aromatic rings. The summed E-state index contributed by atoms with van der Waals surface area (Å²) in [5, 5.41) is 0. The minimum Gasteiger partial charge on any atom is -0.399 e. The zero-order valence-corrected chi connectivity index (χ0v) is 7.74. The molecule has 2 nitrogen and oxygen atoms in total. The quantitative estimate of drug-likeness (QED) is 0.678. The standard InChI is InChI=1S/C11H16N2/c12-10-6-2-5-9(7-10)11(13)8-3-1-4-8/h2,5-8,11H,1,3-4,12-13H2/t11-/m1/s1. The van der Waals surface area contributed by atoms with Crippen LogP contribution in [0.15, 0.2) is 24.3 Å². The van der Waals surface area contributed by atoms with Gasteiger partial charge in [0.2, 0.25) is 0 Å². The first-order valence-electron chi connectivity index (χ1n) is 4.88. The van der Waals surface area contributed by atoms with E-state index in [4.69, 9.17) is 11.5 Å². The zero-order valence-electron chi connectivity index (χ0n) is 7.74. The monoisotopic (exact) mass is 176 g/mol. The van der Waals surface area contributed by atoms with E-state index in [1.165, 1.54) is 24.8 Å². The lowest BCUT2D eigenvalue weighted by molar-refractivity contribution is 0.264. The Morgan fingerprint density at radius 3 is 2.62 bits per heavy atom. The second-order valence-corrected chi connectivity index (χ2v) is 3.89. The van der Waals surface area contributed by atoms with E-state index in [-0.39, 0.29) is 6.04 Å². The number of rotatable bonds is 2. The van der Waals surface area contributed by atoms with Gasteiger partial charge in [-0.25, -0.2) is 0 Å². The summed E-state index contributed by atoms with van der Waals surface area (Å²) in [5.74, 6) is 0.682. The van der Waals surface area contributed by atoms with Crippen molar-refractivity contribution in [2.75, 3.05) is 5.73 Å². The van der Waals surface area contributed by atoms with Crippen LogP contribution in [0.5, 0.6) is 0 Å². The average molecular weight is 176 g/mol. The van der Waals surface area contributed by atoms with Crippen molar-refractivity contribution >= 4 is 5.69 Å². The van der Waals surface area contributed by atoms with Gasteiger partial charge in [-0.1, -0.05) is 18.6 Å². The summed E-state index contributed by atoms with van der Waals surface area (Å²) in [4.78, 5) is 0. The van der Waals surface area contributed by atoms with E-state index < -0.39 is 0 Å². The van der Waals surface area contributed by atoms with Crippen molar-refractivity contribution in [3.05, 3.63) is 29.8 Å². The predicted octanol–water partition coefficient (Wildman–Crippen LogP) is 2.07. The Morgan fingerprint density at radius 1 is 1.31 bits per heavy atom. The summed E-state index contributed by atoms with van der Waals surface area (Å²) in [6.45, 7) is 0. The Kier molecular flexibility index (Phi) is 2.23. The molecular formula is C11H16N2. The summed E-state index contributed by atoms with van der Waals surface area (Å²) in [6.07, 6.45) is 3.88. The molecule has 1 atom stereocenters. The highest BCUT2D eigenvalue weighted by Gasteiger charge is 2.25. The van der Waals surface area contributed by atoms with E-state index in [1.54, 1.807) is 0 Å². The molecule has 1 aliphatic carbocycles. The van der Waals surface area contributed by atoms with Gasteiger partial charge >= 0.3 is 0 Å². The van der Waals surface area contributed by atoms with Crippen LogP contribution in [-0.4, -0.2) is 0 Å². The molecule has 0 bridgehead atoms. The second kappa shape index (κ2) is 3.38. The van der Waals surface area contributed by atoms with Crippen LogP contribution in [0.3, 0.4) is 0 Å². The molecule has 2 heteroatoms. The maximum atomic E-state index is 6.11. The molecule has 1 saturated carbocycles. The number of hydrogen-bond acceptors (Lipinski definition) is 2. The van der Waals surface area contributed by atoms with Gasteiger partial charge in [-0.15, -0.1) is 0 Å². The second-order valence-electron chi connectivity index (χ2n) is 3.89. The molecule has 0 spiro atoms. The van der Waals surface area contributed by atoms with E-state index >= 15 is 0 Å². The normalized spacial score (nSPS) is 19.5. The number of benzene rings is 1. The van der Waals surface area contributed by atoms with Crippen LogP contribution in [0.4, 0.5) is 5.69 Å². The Balaban J connectivity index is 2.14. The van der Waals surface area contributed by atoms with E-state index in [0.717, 1.165) is 5.69 Å². The Bertz CT molecular complexity index is 292. The van der Waals surface area contributed by atoms with E-state index in [2.05, 4.69) is 6.07 Å². The summed E-state index contributed by atoms with van der Waals surface area (Å²) < 4.78 is 0. The molecule has 1 fully saturated rings. The number of nitrogens with two attached hydrogens (primary N) is 2. The topological polar surface area (TPSA) is 52.0 Å². The zero-order chi connectivity index (χ0) is 9.26. The molecule has 0 amide bonds. The fraction of sp³-hybridized carbons (Fsp3) is 0.455. The minimum atomic E-state index is 0.192. The van der Waals surface area contributed by atoms with Crippen molar-refractivity contribution in [3.8, 4) is 0 Å². The molecule has 13 heavy (non-hydrogen) atoms. The maximum absolute atomic E-state index is 6.11. The molecule has 1 aliphatic rings. The molecule has 0 heterocycles. The summed E-state index contributed by atoms with van der Waals surface area (Å²) >= 11 is 0. The summed E-state index contributed by atoms with van der Waals surface area (Å²) in [6, 6.07) is 8.12. The third-order valence-electron chi connectivity index (χ3n) is 2.95. The van der Waals surface area contributed by atoms with Gasteiger partial charge in [-0.3, -0.25) is 0 Å². The van der Waals surface area contributed by atoms with Gasteiger partial charge in [0.05, 0.1) is 0 Å². The van der Waals surface area contributed by atoms with Gasteiger partial charge in [-0.2, -0.15) is 0 Å². The molecule has 0 radical (unpaired) electrons. The fourth-order valence-electron chi connectivity index (χ4n) is 1.84. The van der Waals surface area contributed by atoms with Crippen molar-refractivity contribution in [3.63, 3.8) is 0 Å². The molecule has 2 rings (SSSR count). The fourth-order valence-corrected chi connectivity index (χ4v) is 1.84. The Morgan fingerprint density at radius 2 is 2.08 bits per heavy atom. The molecule has 0 aromatic heterocycles. The van der Waals surface area contributed by atoms with Crippen LogP contribution in [0.2, 0.25) is 0 Å². The van der Waals surface area contributed by atoms with Gasteiger partial charge in [-0.05, 0) is 36.5 Å². The van der Waals surface area contributed by atoms with Crippen LogP contribution in [0.1, 0.15) is 30.9 Å². The predicted molar refractivity (Wildman–Crippen MR) is 55.1 cm³/mol. The minimum absolute atomic E-state index is 0.192. The summed E-state index contributed by atoms with van der Waals surface area (Å²) in [5.41, 5.74) is 13.8. The van der Waals surface area contributed by atoms with Gasteiger partial charge < -0.3 is 11.5 Å². The first-order chi connectivity index (χ1) is 6.27. The van der Waals surface area contributed by atoms with Crippen molar-refractivity contribution < 1.29 is 0 Å². The molecule has 0 unspecified atom stereocenters. The van der Waals surface area contributed by atoms with Gasteiger partial charge in [0.15, 0.2) is 0 Å². The van der Waals surface area contributed by atoms with Crippen LogP contribution in [0.25, 0.3) is 0 Å². The lowest BCUT2D eigenvalue weighted by Crippen LogP contribution is -2.26. The molecule has 70 valence electrons. The third kappa shape index (κ3) is 1.68. The highest BCUT2D eigenvalue weighted by molar-refractivity contribution is 5.41. The lowest BCUT2D eigenvalue weighted by Gasteiger charge is -2.31. The molecule has 0 aliphatic heterocycles. The number of anilines is 1. The average Bonchev–Trinajstić information content (AvgIpc) is 2.01. The molecule has 0 saturated heterocycles. The van der Waals surface area contributed by atoms with Crippen LogP contribution >= 0.6 is 0 Å². The molecule has 1 aromatic carbocycles. The third-order valence-corrected chi connectivity index (χ3v) is 2.95.